The van der Waals surface area contributed by atoms with Gasteiger partial charge in [0.15, 0.2) is 5.82 Å². The molecular weight excluding hydrogens is 350 g/mol. The zero-order chi connectivity index (χ0) is 19.5. The summed E-state index contributed by atoms with van der Waals surface area (Å²) in [7, 11) is 0. The number of hydrogen-bond donors (Lipinski definition) is 2. The molecule has 1 heterocycles. The summed E-state index contributed by atoms with van der Waals surface area (Å²) in [6, 6.07) is 0. The Hall–Kier alpha value is -1.96. The predicted molar refractivity (Wildman–Crippen MR) is 97.0 cm³/mol. The zero-order valence-corrected chi connectivity index (χ0v) is 16.1. The number of esters is 1. The number of rotatable bonds is 11. The molecule has 1 aliphatic carbocycles. The van der Waals surface area contributed by atoms with Gasteiger partial charge in [0.05, 0.1) is 13.0 Å². The summed E-state index contributed by atoms with van der Waals surface area (Å²) in [4.78, 5) is 27.4. The number of hydrogen-bond acceptors (Lipinski definition) is 7. The van der Waals surface area contributed by atoms with E-state index in [1.165, 1.54) is 32.1 Å². The minimum absolute atomic E-state index is 0.0979. The fourth-order valence-corrected chi connectivity index (χ4v) is 3.69. The largest absolute Gasteiger partial charge is 0.466 e. The number of carbonyl (C=O) groups excluding carboxylic acids is 2. The van der Waals surface area contributed by atoms with E-state index in [0.29, 0.717) is 24.7 Å². The number of nitrogens with one attached hydrogen (secondary N) is 1. The smallest absolute Gasteiger partial charge is 0.306 e. The summed E-state index contributed by atoms with van der Waals surface area (Å²) in [6.45, 7) is 2.10. The number of amides is 1. The Bertz CT molecular complexity index is 584. The molecule has 1 fully saturated rings. The number of aryl methyl sites for hydroxylation is 1. The summed E-state index contributed by atoms with van der Waals surface area (Å²) >= 11 is 0. The molecule has 0 spiro atoms. The molecule has 1 atom stereocenters. The van der Waals surface area contributed by atoms with Crippen LogP contribution in [0.2, 0.25) is 0 Å². The van der Waals surface area contributed by atoms with E-state index in [0.717, 1.165) is 25.2 Å². The van der Waals surface area contributed by atoms with Crippen molar-refractivity contribution in [2.24, 2.45) is 5.92 Å². The molecule has 2 rings (SSSR count). The molecule has 152 valence electrons. The fraction of sp³-hybridized carbons (Fsp3) is 0.789. The molecule has 0 aliphatic heterocycles. The molecule has 0 aromatic carbocycles. The van der Waals surface area contributed by atoms with Gasteiger partial charge in [-0.25, -0.2) is 5.48 Å². The topological polar surface area (TPSA) is 115 Å². The van der Waals surface area contributed by atoms with Crippen molar-refractivity contribution in [3.05, 3.63) is 11.7 Å². The van der Waals surface area contributed by atoms with Crippen LogP contribution in [0.5, 0.6) is 0 Å². The molecule has 8 heteroatoms. The van der Waals surface area contributed by atoms with Gasteiger partial charge in [0, 0.05) is 18.8 Å². The van der Waals surface area contributed by atoms with Gasteiger partial charge in [0.1, 0.15) is 0 Å². The van der Waals surface area contributed by atoms with Crippen LogP contribution < -0.4 is 5.48 Å². The Labute approximate surface area is 160 Å². The van der Waals surface area contributed by atoms with Crippen LogP contribution in [0.3, 0.4) is 0 Å². The second kappa shape index (κ2) is 11.7. The van der Waals surface area contributed by atoms with Crippen molar-refractivity contribution in [3.63, 3.8) is 0 Å². The van der Waals surface area contributed by atoms with E-state index in [1.807, 2.05) is 0 Å². The average Bonchev–Trinajstić information content (AvgIpc) is 3.15. The van der Waals surface area contributed by atoms with E-state index in [1.54, 1.807) is 12.4 Å². The van der Waals surface area contributed by atoms with Crippen LogP contribution in [0, 0.1) is 5.92 Å². The van der Waals surface area contributed by atoms with E-state index in [-0.39, 0.29) is 24.7 Å². The highest BCUT2D eigenvalue weighted by Gasteiger charge is 2.23. The summed E-state index contributed by atoms with van der Waals surface area (Å²) in [5.74, 6) is 0.593. The van der Waals surface area contributed by atoms with Gasteiger partial charge in [0.2, 0.25) is 11.8 Å². The maximum Gasteiger partial charge on any atom is 0.306 e. The third kappa shape index (κ3) is 7.66. The monoisotopic (exact) mass is 381 g/mol. The third-order valence-electron chi connectivity index (χ3n) is 5.14. The minimum Gasteiger partial charge on any atom is -0.466 e. The Balaban J connectivity index is 1.88. The molecule has 2 N–H and O–H groups in total. The quantitative estimate of drug-likeness (QED) is 0.343. The van der Waals surface area contributed by atoms with Gasteiger partial charge in [-0.05, 0) is 19.3 Å². The van der Waals surface area contributed by atoms with Gasteiger partial charge in [-0.1, -0.05) is 50.1 Å². The molecule has 1 aliphatic rings. The van der Waals surface area contributed by atoms with Crippen LogP contribution in [0.25, 0.3) is 0 Å². The Kier molecular flexibility index (Phi) is 9.24. The van der Waals surface area contributed by atoms with Gasteiger partial charge >= 0.3 is 5.97 Å². The van der Waals surface area contributed by atoms with Crippen molar-refractivity contribution in [1.82, 2.24) is 15.6 Å². The first-order chi connectivity index (χ1) is 13.1. The van der Waals surface area contributed by atoms with E-state index >= 15 is 0 Å². The van der Waals surface area contributed by atoms with Crippen molar-refractivity contribution in [2.75, 3.05) is 6.61 Å². The van der Waals surface area contributed by atoms with Crippen LogP contribution in [-0.2, 0) is 20.7 Å². The second-order valence-corrected chi connectivity index (χ2v) is 7.22. The van der Waals surface area contributed by atoms with Crippen LogP contribution in [-0.4, -0.2) is 33.8 Å². The summed E-state index contributed by atoms with van der Waals surface area (Å²) < 4.78 is 10.2. The molecule has 27 heavy (non-hydrogen) atoms. The minimum atomic E-state index is -0.469. The standard InChI is InChI=1S/C19H31N3O5/c1-2-26-18(24)12-11-16-20-19(27-22-16)15(13-17(23)21-25)10-6-9-14-7-4-3-5-8-14/h14-15,25H,2-13H2,1H3,(H,21,23). The SMILES string of the molecule is CCOC(=O)CCc1noc(C(CCCC2CCCCC2)CC(=O)NO)n1. The van der Waals surface area contributed by atoms with Crippen LogP contribution >= 0.6 is 0 Å². The number of nitrogens with zero attached hydrogens (tertiary/aromatic N) is 2. The predicted octanol–water partition coefficient (Wildman–Crippen LogP) is 3.30. The van der Waals surface area contributed by atoms with E-state index < -0.39 is 5.91 Å². The van der Waals surface area contributed by atoms with Gasteiger partial charge in [0.25, 0.3) is 0 Å². The van der Waals surface area contributed by atoms with Crippen LogP contribution in [0.4, 0.5) is 0 Å². The van der Waals surface area contributed by atoms with E-state index in [9.17, 15) is 9.59 Å². The van der Waals surface area contributed by atoms with Crippen LogP contribution in [0.15, 0.2) is 4.52 Å². The fourth-order valence-electron chi connectivity index (χ4n) is 3.69. The maximum absolute atomic E-state index is 11.6. The normalized spacial score (nSPS) is 16.1. The molecule has 1 amide bonds. The number of ether oxygens (including phenoxy) is 1. The highest BCUT2D eigenvalue weighted by Crippen LogP contribution is 2.31. The lowest BCUT2D eigenvalue weighted by atomic mass is 9.84. The number of hydroxylamine groups is 1. The molecule has 0 bridgehead atoms. The summed E-state index contributed by atoms with van der Waals surface area (Å²) in [6.07, 6.45) is 10.1. The molecule has 0 radical (unpaired) electrons. The van der Waals surface area contributed by atoms with E-state index in [4.69, 9.17) is 14.5 Å². The van der Waals surface area contributed by atoms with Crippen molar-refractivity contribution in [2.45, 2.75) is 83.5 Å². The summed E-state index contributed by atoms with van der Waals surface area (Å²) in [5, 5.41) is 12.8. The molecule has 0 saturated heterocycles. The lowest BCUT2D eigenvalue weighted by molar-refractivity contribution is -0.143. The Morgan fingerprint density at radius 2 is 2.11 bits per heavy atom. The molecular formula is C19H31N3O5. The van der Waals surface area contributed by atoms with Crippen molar-refractivity contribution < 1.29 is 24.1 Å². The first-order valence-electron chi connectivity index (χ1n) is 10.0. The first kappa shape index (κ1) is 21.3. The zero-order valence-electron chi connectivity index (χ0n) is 16.1. The maximum atomic E-state index is 11.6. The lowest BCUT2D eigenvalue weighted by Gasteiger charge is -2.22. The third-order valence-corrected chi connectivity index (χ3v) is 5.14. The Morgan fingerprint density at radius 3 is 2.81 bits per heavy atom. The van der Waals surface area contributed by atoms with Gasteiger partial charge in [-0.2, -0.15) is 4.98 Å². The molecule has 1 aromatic heterocycles. The number of carbonyl (C=O) groups is 2. The van der Waals surface area contributed by atoms with Gasteiger partial charge in [-0.3, -0.25) is 14.8 Å². The van der Waals surface area contributed by atoms with Gasteiger partial charge < -0.3 is 9.26 Å². The van der Waals surface area contributed by atoms with Gasteiger partial charge in [-0.15, -0.1) is 0 Å². The Morgan fingerprint density at radius 1 is 1.33 bits per heavy atom. The van der Waals surface area contributed by atoms with Crippen molar-refractivity contribution >= 4 is 11.9 Å². The van der Waals surface area contributed by atoms with Crippen LogP contribution in [0.1, 0.15) is 88.8 Å². The first-order valence-corrected chi connectivity index (χ1v) is 10.0. The number of aromatic nitrogens is 2. The molecule has 1 saturated carbocycles. The van der Waals surface area contributed by atoms with E-state index in [2.05, 4.69) is 10.1 Å². The van der Waals surface area contributed by atoms with Crippen molar-refractivity contribution in [1.29, 1.82) is 0 Å². The second-order valence-electron chi connectivity index (χ2n) is 7.22. The average molecular weight is 381 g/mol. The highest BCUT2D eigenvalue weighted by molar-refractivity contribution is 5.75. The molecule has 1 aromatic rings. The highest BCUT2D eigenvalue weighted by atomic mass is 16.5. The lowest BCUT2D eigenvalue weighted by Crippen LogP contribution is -2.21. The summed E-state index contributed by atoms with van der Waals surface area (Å²) in [5.41, 5.74) is 1.68. The molecule has 1 unspecified atom stereocenters. The van der Waals surface area contributed by atoms with Crippen molar-refractivity contribution in [3.8, 4) is 0 Å². The molecule has 8 nitrogen and oxygen atoms in total.